The Kier molecular flexibility index (Phi) is 4.24. The van der Waals surface area contributed by atoms with Gasteiger partial charge in [-0.2, -0.15) is 0 Å². The van der Waals surface area contributed by atoms with Gasteiger partial charge in [-0.25, -0.2) is 8.42 Å². The number of sulfone groups is 1. The Balaban J connectivity index is 1.83. The molecule has 1 aliphatic heterocycles. The number of hydrogen-bond acceptors (Lipinski definition) is 4. The second-order valence-corrected chi connectivity index (χ2v) is 6.79. The predicted molar refractivity (Wildman–Crippen MR) is 71.5 cm³/mol. The molecule has 1 atom stereocenters. The normalized spacial score (nSPS) is 21.9. The first kappa shape index (κ1) is 13.4. The SMILES string of the molecule is CCOc1ccc(CNC2CCS(=O)(=O)C2)cc1. The van der Waals surface area contributed by atoms with Gasteiger partial charge in [0.05, 0.1) is 18.1 Å². The van der Waals surface area contributed by atoms with Crippen LogP contribution in [-0.2, 0) is 16.4 Å². The van der Waals surface area contributed by atoms with Crippen molar-refractivity contribution in [2.75, 3.05) is 18.1 Å². The van der Waals surface area contributed by atoms with Gasteiger partial charge in [-0.3, -0.25) is 0 Å². The van der Waals surface area contributed by atoms with E-state index in [4.69, 9.17) is 4.74 Å². The van der Waals surface area contributed by atoms with Crippen LogP contribution in [0.4, 0.5) is 0 Å². The van der Waals surface area contributed by atoms with Crippen LogP contribution in [0, 0.1) is 0 Å². The minimum absolute atomic E-state index is 0.0987. The summed E-state index contributed by atoms with van der Waals surface area (Å²) in [5.41, 5.74) is 1.14. The fraction of sp³-hybridized carbons (Fsp3) is 0.538. The van der Waals surface area contributed by atoms with E-state index in [9.17, 15) is 8.42 Å². The maximum absolute atomic E-state index is 11.3. The van der Waals surface area contributed by atoms with Gasteiger partial charge in [-0.15, -0.1) is 0 Å². The van der Waals surface area contributed by atoms with E-state index in [-0.39, 0.29) is 11.8 Å². The lowest BCUT2D eigenvalue weighted by atomic mass is 10.2. The van der Waals surface area contributed by atoms with E-state index in [0.717, 1.165) is 17.7 Å². The second kappa shape index (κ2) is 5.71. The van der Waals surface area contributed by atoms with Crippen LogP contribution in [0.1, 0.15) is 18.9 Å². The molecule has 1 aromatic carbocycles. The van der Waals surface area contributed by atoms with Gasteiger partial charge in [0.2, 0.25) is 0 Å². The van der Waals surface area contributed by atoms with E-state index in [2.05, 4.69) is 5.32 Å². The summed E-state index contributed by atoms with van der Waals surface area (Å²) in [5, 5.41) is 3.28. The van der Waals surface area contributed by atoms with Crippen LogP contribution in [-0.4, -0.2) is 32.6 Å². The zero-order valence-electron chi connectivity index (χ0n) is 10.6. The molecule has 0 radical (unpaired) electrons. The van der Waals surface area contributed by atoms with Gasteiger partial charge in [0.1, 0.15) is 5.75 Å². The Labute approximate surface area is 108 Å². The molecular weight excluding hydrogens is 250 g/mol. The summed E-state index contributed by atoms with van der Waals surface area (Å²) >= 11 is 0. The summed E-state index contributed by atoms with van der Waals surface area (Å²) in [7, 11) is -2.80. The molecule has 1 aliphatic rings. The van der Waals surface area contributed by atoms with Gasteiger partial charge in [0, 0.05) is 12.6 Å². The molecule has 0 saturated carbocycles. The molecule has 100 valence electrons. The maximum atomic E-state index is 11.3. The molecule has 0 aromatic heterocycles. The summed E-state index contributed by atoms with van der Waals surface area (Å²) in [6.45, 7) is 3.32. The van der Waals surface area contributed by atoms with Crippen molar-refractivity contribution < 1.29 is 13.2 Å². The van der Waals surface area contributed by atoms with Crippen LogP contribution in [0.3, 0.4) is 0 Å². The van der Waals surface area contributed by atoms with Crippen molar-refractivity contribution in [2.45, 2.75) is 25.9 Å². The highest BCUT2D eigenvalue weighted by atomic mass is 32.2. The molecule has 0 amide bonds. The summed E-state index contributed by atoms with van der Waals surface area (Å²) in [6.07, 6.45) is 0.722. The monoisotopic (exact) mass is 269 g/mol. The number of ether oxygens (including phenoxy) is 1. The number of benzene rings is 1. The molecule has 1 N–H and O–H groups in total. The van der Waals surface area contributed by atoms with E-state index in [1.807, 2.05) is 31.2 Å². The predicted octanol–water partition coefficient (Wildman–Crippen LogP) is 1.36. The Hall–Kier alpha value is -1.07. The average molecular weight is 269 g/mol. The van der Waals surface area contributed by atoms with Crippen LogP contribution in [0.5, 0.6) is 5.75 Å². The molecule has 2 rings (SSSR count). The van der Waals surface area contributed by atoms with E-state index in [0.29, 0.717) is 18.9 Å². The number of rotatable bonds is 5. The van der Waals surface area contributed by atoms with E-state index < -0.39 is 9.84 Å². The first-order chi connectivity index (χ1) is 8.59. The van der Waals surface area contributed by atoms with Crippen LogP contribution < -0.4 is 10.1 Å². The largest absolute Gasteiger partial charge is 0.494 e. The highest BCUT2D eigenvalue weighted by Crippen LogP contribution is 2.14. The van der Waals surface area contributed by atoms with E-state index >= 15 is 0 Å². The fourth-order valence-corrected chi connectivity index (χ4v) is 3.80. The number of nitrogens with one attached hydrogen (secondary N) is 1. The first-order valence-electron chi connectivity index (χ1n) is 6.24. The van der Waals surface area contributed by atoms with Crippen molar-refractivity contribution in [1.82, 2.24) is 5.32 Å². The van der Waals surface area contributed by atoms with Gasteiger partial charge < -0.3 is 10.1 Å². The van der Waals surface area contributed by atoms with Crippen molar-refractivity contribution in [1.29, 1.82) is 0 Å². The van der Waals surface area contributed by atoms with Crippen molar-refractivity contribution in [3.63, 3.8) is 0 Å². The highest BCUT2D eigenvalue weighted by molar-refractivity contribution is 7.91. The van der Waals surface area contributed by atoms with Gasteiger partial charge in [-0.05, 0) is 31.0 Å². The molecule has 18 heavy (non-hydrogen) atoms. The van der Waals surface area contributed by atoms with E-state index in [1.54, 1.807) is 0 Å². The molecule has 1 heterocycles. The molecule has 1 aromatic rings. The lowest BCUT2D eigenvalue weighted by Crippen LogP contribution is -2.29. The summed E-state index contributed by atoms with van der Waals surface area (Å²) in [4.78, 5) is 0. The first-order valence-corrected chi connectivity index (χ1v) is 8.07. The Morgan fingerprint density at radius 1 is 1.33 bits per heavy atom. The quantitative estimate of drug-likeness (QED) is 0.877. The minimum Gasteiger partial charge on any atom is -0.494 e. The minimum atomic E-state index is -2.80. The molecule has 1 saturated heterocycles. The van der Waals surface area contributed by atoms with Crippen LogP contribution in [0.25, 0.3) is 0 Å². The smallest absolute Gasteiger partial charge is 0.151 e. The topological polar surface area (TPSA) is 55.4 Å². The zero-order chi connectivity index (χ0) is 13.0. The Bertz CT molecular complexity index is 481. The summed E-state index contributed by atoms with van der Waals surface area (Å²) in [5.74, 6) is 1.45. The Morgan fingerprint density at radius 3 is 2.61 bits per heavy atom. The van der Waals surface area contributed by atoms with Crippen LogP contribution >= 0.6 is 0 Å². The highest BCUT2D eigenvalue weighted by Gasteiger charge is 2.27. The molecule has 1 fully saturated rings. The zero-order valence-corrected chi connectivity index (χ0v) is 11.4. The van der Waals surface area contributed by atoms with Crippen LogP contribution in [0.15, 0.2) is 24.3 Å². The van der Waals surface area contributed by atoms with Gasteiger partial charge in [0.25, 0.3) is 0 Å². The van der Waals surface area contributed by atoms with Crippen LogP contribution in [0.2, 0.25) is 0 Å². The van der Waals surface area contributed by atoms with Gasteiger partial charge >= 0.3 is 0 Å². The molecule has 5 heteroatoms. The molecule has 1 unspecified atom stereocenters. The average Bonchev–Trinajstić information content (AvgIpc) is 2.69. The second-order valence-electron chi connectivity index (χ2n) is 4.56. The van der Waals surface area contributed by atoms with Crippen molar-refractivity contribution in [3.05, 3.63) is 29.8 Å². The standard InChI is InChI=1S/C13H19NO3S/c1-2-17-13-5-3-11(4-6-13)9-14-12-7-8-18(15,16)10-12/h3-6,12,14H,2,7-10H2,1H3. The number of hydrogen-bond donors (Lipinski definition) is 1. The lowest BCUT2D eigenvalue weighted by Gasteiger charge is -2.11. The molecule has 0 bridgehead atoms. The van der Waals surface area contributed by atoms with Crippen molar-refractivity contribution in [3.8, 4) is 5.75 Å². The van der Waals surface area contributed by atoms with Gasteiger partial charge in [-0.1, -0.05) is 12.1 Å². The molecule has 0 aliphatic carbocycles. The third kappa shape index (κ3) is 3.71. The third-order valence-electron chi connectivity index (χ3n) is 3.06. The maximum Gasteiger partial charge on any atom is 0.151 e. The van der Waals surface area contributed by atoms with Crippen molar-refractivity contribution in [2.24, 2.45) is 0 Å². The van der Waals surface area contributed by atoms with E-state index in [1.165, 1.54) is 0 Å². The van der Waals surface area contributed by atoms with Crippen molar-refractivity contribution >= 4 is 9.84 Å². The molecule has 0 spiro atoms. The summed E-state index contributed by atoms with van der Waals surface area (Å²) < 4.78 is 28.0. The van der Waals surface area contributed by atoms with Gasteiger partial charge in [0.15, 0.2) is 9.84 Å². The third-order valence-corrected chi connectivity index (χ3v) is 4.83. The lowest BCUT2D eigenvalue weighted by molar-refractivity contribution is 0.340. The summed E-state index contributed by atoms with van der Waals surface area (Å²) in [6, 6.07) is 7.97. The molecular formula is C13H19NO3S. The Morgan fingerprint density at radius 2 is 2.06 bits per heavy atom. The fourth-order valence-electron chi connectivity index (χ4n) is 2.09. The molecule has 4 nitrogen and oxygen atoms in total.